The Kier molecular flexibility index (Phi) is 5.29. The molecule has 2 aliphatic heterocycles. The topological polar surface area (TPSA) is 77.0 Å². The highest BCUT2D eigenvalue weighted by atomic mass is 16.5. The molecule has 0 aliphatic carbocycles. The number of aromatic nitrogens is 2. The second-order valence-corrected chi connectivity index (χ2v) is 6.82. The molecule has 1 aromatic carbocycles. The number of methoxy groups -OCH3 is 2. The largest absolute Gasteiger partial charge is 0.497 e. The van der Waals surface area contributed by atoms with Crippen LogP contribution in [0.4, 0.5) is 5.95 Å². The van der Waals surface area contributed by atoms with Gasteiger partial charge in [-0.3, -0.25) is 4.79 Å². The van der Waals surface area contributed by atoms with E-state index in [-0.39, 0.29) is 5.91 Å². The SMILES string of the molecule is COc1cc(OC)cc(C(=O)N2CCc3cnc(N4CCOCC4)nc3C2)c1. The maximum absolute atomic E-state index is 13.1. The fourth-order valence-corrected chi connectivity index (χ4v) is 3.50. The van der Waals surface area contributed by atoms with Gasteiger partial charge in [0, 0.05) is 37.5 Å². The highest BCUT2D eigenvalue weighted by Gasteiger charge is 2.25. The van der Waals surface area contributed by atoms with Crippen molar-refractivity contribution < 1.29 is 19.0 Å². The van der Waals surface area contributed by atoms with Gasteiger partial charge in [-0.1, -0.05) is 0 Å². The van der Waals surface area contributed by atoms with E-state index in [0.717, 1.165) is 30.8 Å². The van der Waals surface area contributed by atoms with Gasteiger partial charge < -0.3 is 24.0 Å². The molecule has 0 saturated carbocycles. The Morgan fingerprint density at radius 3 is 2.46 bits per heavy atom. The third-order valence-corrected chi connectivity index (χ3v) is 5.11. The molecule has 1 saturated heterocycles. The number of fused-ring (bicyclic) bond motifs is 1. The molecule has 8 heteroatoms. The lowest BCUT2D eigenvalue weighted by atomic mass is 10.1. The average Bonchev–Trinajstić information content (AvgIpc) is 2.78. The Hall–Kier alpha value is -2.87. The van der Waals surface area contributed by atoms with Gasteiger partial charge >= 0.3 is 0 Å². The van der Waals surface area contributed by atoms with Crippen LogP contribution in [0.1, 0.15) is 21.6 Å². The van der Waals surface area contributed by atoms with E-state index in [0.29, 0.717) is 49.3 Å². The van der Waals surface area contributed by atoms with E-state index in [1.165, 1.54) is 0 Å². The molecular formula is C20H24N4O4. The molecule has 28 heavy (non-hydrogen) atoms. The summed E-state index contributed by atoms with van der Waals surface area (Å²) in [5, 5.41) is 0. The van der Waals surface area contributed by atoms with Crippen LogP contribution in [-0.4, -0.2) is 67.8 Å². The molecule has 8 nitrogen and oxygen atoms in total. The third-order valence-electron chi connectivity index (χ3n) is 5.11. The van der Waals surface area contributed by atoms with Gasteiger partial charge in [0.1, 0.15) is 11.5 Å². The van der Waals surface area contributed by atoms with Crippen molar-refractivity contribution in [1.82, 2.24) is 14.9 Å². The fraction of sp³-hybridized carbons (Fsp3) is 0.450. The first-order chi connectivity index (χ1) is 13.7. The summed E-state index contributed by atoms with van der Waals surface area (Å²) in [7, 11) is 3.15. The Morgan fingerprint density at radius 1 is 1.07 bits per heavy atom. The van der Waals surface area contributed by atoms with Crippen LogP contribution in [0.25, 0.3) is 0 Å². The lowest BCUT2D eigenvalue weighted by molar-refractivity contribution is 0.0731. The minimum atomic E-state index is -0.0608. The molecule has 3 heterocycles. The highest BCUT2D eigenvalue weighted by molar-refractivity contribution is 5.95. The van der Waals surface area contributed by atoms with E-state index < -0.39 is 0 Å². The lowest BCUT2D eigenvalue weighted by Gasteiger charge is -2.31. The van der Waals surface area contributed by atoms with Crippen LogP contribution in [0.2, 0.25) is 0 Å². The van der Waals surface area contributed by atoms with Crippen molar-refractivity contribution in [3.63, 3.8) is 0 Å². The van der Waals surface area contributed by atoms with E-state index in [2.05, 4.69) is 9.88 Å². The Bertz CT molecular complexity index is 845. The van der Waals surface area contributed by atoms with E-state index in [9.17, 15) is 4.79 Å². The Balaban J connectivity index is 1.55. The summed E-state index contributed by atoms with van der Waals surface area (Å²) >= 11 is 0. The Morgan fingerprint density at radius 2 is 1.79 bits per heavy atom. The number of anilines is 1. The van der Waals surface area contributed by atoms with Crippen LogP contribution in [0, 0.1) is 0 Å². The predicted octanol–water partition coefficient (Wildman–Crippen LogP) is 1.53. The zero-order valence-electron chi connectivity index (χ0n) is 16.2. The molecule has 148 valence electrons. The molecule has 0 spiro atoms. The molecule has 4 rings (SSSR count). The van der Waals surface area contributed by atoms with Crippen molar-refractivity contribution in [2.24, 2.45) is 0 Å². The van der Waals surface area contributed by atoms with Gasteiger partial charge in [0.2, 0.25) is 5.95 Å². The summed E-state index contributed by atoms with van der Waals surface area (Å²) < 4.78 is 16.0. The summed E-state index contributed by atoms with van der Waals surface area (Å²) in [5.74, 6) is 1.84. The molecule has 0 atom stereocenters. The zero-order valence-corrected chi connectivity index (χ0v) is 16.2. The van der Waals surface area contributed by atoms with Crippen molar-refractivity contribution in [1.29, 1.82) is 0 Å². The van der Waals surface area contributed by atoms with Crippen LogP contribution in [-0.2, 0) is 17.7 Å². The number of hydrogen-bond donors (Lipinski definition) is 0. The number of nitrogens with zero attached hydrogens (tertiary/aromatic N) is 4. The van der Waals surface area contributed by atoms with Gasteiger partial charge in [0.05, 0.1) is 39.7 Å². The first-order valence-electron chi connectivity index (χ1n) is 9.38. The molecule has 0 radical (unpaired) electrons. The van der Waals surface area contributed by atoms with Gasteiger partial charge in [-0.25, -0.2) is 9.97 Å². The number of carbonyl (C=O) groups excluding carboxylic acids is 1. The summed E-state index contributed by atoms with van der Waals surface area (Å²) in [4.78, 5) is 26.3. The quantitative estimate of drug-likeness (QED) is 0.791. The number of amides is 1. The van der Waals surface area contributed by atoms with Gasteiger partial charge in [0.25, 0.3) is 5.91 Å². The first kappa shape index (κ1) is 18.5. The van der Waals surface area contributed by atoms with E-state index in [1.807, 2.05) is 11.1 Å². The average molecular weight is 384 g/mol. The summed E-state index contributed by atoms with van der Waals surface area (Å²) in [6.45, 7) is 4.03. The number of carbonyl (C=O) groups is 1. The molecule has 2 aromatic rings. The standard InChI is InChI=1S/C20H24N4O4/c1-26-16-9-15(10-17(11-16)27-2)19(25)24-4-3-14-12-21-20(22-18(14)13-24)23-5-7-28-8-6-23/h9-12H,3-8,13H2,1-2H3. The zero-order chi connectivity index (χ0) is 19.5. The minimum absolute atomic E-state index is 0.0608. The number of rotatable bonds is 4. The monoisotopic (exact) mass is 384 g/mol. The number of morpholine rings is 1. The van der Waals surface area contributed by atoms with Crippen LogP contribution in [0.5, 0.6) is 11.5 Å². The second kappa shape index (κ2) is 8.02. The van der Waals surface area contributed by atoms with Crippen LogP contribution < -0.4 is 14.4 Å². The van der Waals surface area contributed by atoms with Crippen LogP contribution in [0.3, 0.4) is 0 Å². The minimum Gasteiger partial charge on any atom is -0.497 e. The predicted molar refractivity (Wildman–Crippen MR) is 103 cm³/mol. The lowest BCUT2D eigenvalue weighted by Crippen LogP contribution is -2.39. The molecule has 1 aromatic heterocycles. The molecule has 0 N–H and O–H groups in total. The number of hydrogen-bond acceptors (Lipinski definition) is 7. The maximum atomic E-state index is 13.1. The van der Waals surface area contributed by atoms with E-state index in [4.69, 9.17) is 19.2 Å². The normalized spacial score (nSPS) is 16.5. The molecule has 2 aliphatic rings. The van der Waals surface area contributed by atoms with Crippen LogP contribution in [0.15, 0.2) is 24.4 Å². The smallest absolute Gasteiger partial charge is 0.254 e. The van der Waals surface area contributed by atoms with Gasteiger partial charge in [-0.15, -0.1) is 0 Å². The summed E-state index contributed by atoms with van der Waals surface area (Å²) in [6.07, 6.45) is 2.63. The molecule has 0 unspecified atom stereocenters. The summed E-state index contributed by atoms with van der Waals surface area (Å²) in [5.41, 5.74) is 2.55. The van der Waals surface area contributed by atoms with Crippen LogP contribution >= 0.6 is 0 Å². The van der Waals surface area contributed by atoms with Crippen molar-refractivity contribution in [2.45, 2.75) is 13.0 Å². The van der Waals surface area contributed by atoms with Crippen molar-refractivity contribution in [2.75, 3.05) is 52.0 Å². The third kappa shape index (κ3) is 3.73. The van der Waals surface area contributed by atoms with Gasteiger partial charge in [-0.05, 0) is 24.1 Å². The number of ether oxygens (including phenoxy) is 3. The number of benzene rings is 1. The molecule has 1 fully saturated rings. The fourth-order valence-electron chi connectivity index (χ4n) is 3.50. The van der Waals surface area contributed by atoms with E-state index >= 15 is 0 Å². The van der Waals surface area contributed by atoms with Crippen molar-refractivity contribution in [3.05, 3.63) is 41.2 Å². The maximum Gasteiger partial charge on any atom is 0.254 e. The summed E-state index contributed by atoms with van der Waals surface area (Å²) in [6, 6.07) is 5.23. The van der Waals surface area contributed by atoms with Crippen molar-refractivity contribution in [3.8, 4) is 11.5 Å². The van der Waals surface area contributed by atoms with E-state index in [1.54, 1.807) is 32.4 Å². The molecule has 1 amide bonds. The van der Waals surface area contributed by atoms with Crippen molar-refractivity contribution >= 4 is 11.9 Å². The van der Waals surface area contributed by atoms with Gasteiger partial charge in [-0.2, -0.15) is 0 Å². The van der Waals surface area contributed by atoms with Gasteiger partial charge in [0.15, 0.2) is 0 Å². The Labute approximate surface area is 164 Å². The first-order valence-corrected chi connectivity index (χ1v) is 9.38. The second-order valence-electron chi connectivity index (χ2n) is 6.82. The molecular weight excluding hydrogens is 360 g/mol. The molecule has 0 bridgehead atoms. The highest BCUT2D eigenvalue weighted by Crippen LogP contribution is 2.26.